The minimum absolute atomic E-state index is 0.134. The lowest BCUT2D eigenvalue weighted by molar-refractivity contribution is -0.127. The van der Waals surface area contributed by atoms with Crippen molar-refractivity contribution in [1.82, 2.24) is 5.32 Å². The second-order valence-corrected chi connectivity index (χ2v) is 6.03. The van der Waals surface area contributed by atoms with E-state index in [0.29, 0.717) is 17.9 Å². The molecule has 0 spiro atoms. The zero-order chi connectivity index (χ0) is 15.8. The lowest BCUT2D eigenvalue weighted by atomic mass is 10.1. The third-order valence-corrected chi connectivity index (χ3v) is 3.67. The third-order valence-electron chi connectivity index (χ3n) is 3.17. The van der Waals surface area contributed by atoms with Crippen LogP contribution in [-0.2, 0) is 4.79 Å². The molecule has 0 saturated carbocycles. The highest BCUT2D eigenvalue weighted by Gasteiger charge is 2.17. The number of rotatable bonds is 8. The quantitative estimate of drug-likeness (QED) is 0.699. The Hall–Kier alpha value is -1.07. The maximum atomic E-state index is 12.0. The van der Waals surface area contributed by atoms with Gasteiger partial charge in [-0.3, -0.25) is 4.79 Å². The molecule has 0 aliphatic carbocycles. The summed E-state index contributed by atoms with van der Waals surface area (Å²) in [6.07, 6.45) is 1.96. The van der Waals surface area contributed by atoms with E-state index in [1.165, 1.54) is 0 Å². The van der Waals surface area contributed by atoms with Crippen LogP contribution in [0.3, 0.4) is 0 Å². The van der Waals surface area contributed by atoms with E-state index in [0.717, 1.165) is 23.7 Å². The number of carbonyl (C=O) groups is 1. The molecule has 0 heterocycles. The molecule has 1 aromatic rings. The number of benzene rings is 1. The Balaban J connectivity index is 2.61. The highest BCUT2D eigenvalue weighted by Crippen LogP contribution is 2.29. The van der Waals surface area contributed by atoms with E-state index >= 15 is 0 Å². The summed E-state index contributed by atoms with van der Waals surface area (Å²) in [5.74, 6) is 0.398. The molecule has 5 heteroatoms. The Morgan fingerprint density at radius 3 is 2.71 bits per heavy atom. The zero-order valence-corrected chi connectivity index (χ0v) is 14.4. The van der Waals surface area contributed by atoms with Gasteiger partial charge in [-0.2, -0.15) is 0 Å². The largest absolute Gasteiger partial charge is 0.481 e. The van der Waals surface area contributed by atoms with Crippen LogP contribution in [0.5, 0.6) is 5.75 Å². The van der Waals surface area contributed by atoms with Crippen molar-refractivity contribution in [2.24, 2.45) is 0 Å². The molecule has 1 aromatic carbocycles. The van der Waals surface area contributed by atoms with Crippen LogP contribution in [0.4, 0.5) is 0 Å². The van der Waals surface area contributed by atoms with E-state index in [1.807, 2.05) is 6.07 Å². The number of hydrogen-bond acceptors (Lipinski definition) is 3. The van der Waals surface area contributed by atoms with Crippen LogP contribution < -0.4 is 10.1 Å². The SMILES string of the molecule is CCCCCNC(=O)C(C)Oc1ccc(Br)cc1[C@@H](C)O. The van der Waals surface area contributed by atoms with E-state index in [-0.39, 0.29) is 5.91 Å². The van der Waals surface area contributed by atoms with Crippen LogP contribution in [-0.4, -0.2) is 23.7 Å². The smallest absolute Gasteiger partial charge is 0.260 e. The molecule has 21 heavy (non-hydrogen) atoms. The second-order valence-electron chi connectivity index (χ2n) is 5.12. The minimum atomic E-state index is -0.655. The number of carbonyl (C=O) groups excluding carboxylic acids is 1. The van der Waals surface area contributed by atoms with E-state index in [4.69, 9.17) is 4.74 Å². The van der Waals surface area contributed by atoms with Crippen LogP contribution in [0.2, 0.25) is 0 Å². The Kier molecular flexibility index (Phi) is 7.75. The highest BCUT2D eigenvalue weighted by atomic mass is 79.9. The van der Waals surface area contributed by atoms with Gasteiger partial charge in [-0.25, -0.2) is 0 Å². The van der Waals surface area contributed by atoms with E-state index in [2.05, 4.69) is 28.2 Å². The molecular weight excluding hydrogens is 334 g/mol. The summed E-state index contributed by atoms with van der Waals surface area (Å²) >= 11 is 3.36. The maximum absolute atomic E-state index is 12.0. The summed E-state index contributed by atoms with van der Waals surface area (Å²) in [6, 6.07) is 5.38. The van der Waals surface area contributed by atoms with Gasteiger partial charge < -0.3 is 15.2 Å². The first-order valence-corrected chi connectivity index (χ1v) is 8.16. The summed E-state index contributed by atoms with van der Waals surface area (Å²) in [5.41, 5.74) is 0.662. The Bertz CT molecular complexity index is 463. The number of nitrogens with one attached hydrogen (secondary N) is 1. The Morgan fingerprint density at radius 1 is 1.38 bits per heavy atom. The van der Waals surface area contributed by atoms with Crippen molar-refractivity contribution in [3.63, 3.8) is 0 Å². The van der Waals surface area contributed by atoms with Gasteiger partial charge in [0.15, 0.2) is 6.10 Å². The molecule has 0 bridgehead atoms. The minimum Gasteiger partial charge on any atom is -0.481 e. The lowest BCUT2D eigenvalue weighted by Crippen LogP contribution is -2.37. The number of aliphatic hydroxyl groups is 1. The van der Waals surface area contributed by atoms with Crippen molar-refractivity contribution in [2.45, 2.75) is 52.2 Å². The third kappa shape index (κ3) is 6.06. The first kappa shape index (κ1) is 18.0. The van der Waals surface area contributed by atoms with Crippen molar-refractivity contribution in [2.75, 3.05) is 6.54 Å². The van der Waals surface area contributed by atoms with Crippen LogP contribution in [0.25, 0.3) is 0 Å². The normalized spacial score (nSPS) is 13.6. The first-order chi connectivity index (χ1) is 9.95. The number of amides is 1. The molecule has 118 valence electrons. The van der Waals surface area contributed by atoms with E-state index in [9.17, 15) is 9.90 Å². The van der Waals surface area contributed by atoms with Gasteiger partial charge in [0, 0.05) is 16.6 Å². The van der Waals surface area contributed by atoms with E-state index < -0.39 is 12.2 Å². The summed E-state index contributed by atoms with van der Waals surface area (Å²) < 4.78 is 6.55. The van der Waals surface area contributed by atoms with Gasteiger partial charge in [0.25, 0.3) is 5.91 Å². The molecular formula is C16H24BrNO3. The average Bonchev–Trinajstić information content (AvgIpc) is 2.44. The fraction of sp³-hybridized carbons (Fsp3) is 0.562. The number of unbranched alkanes of at least 4 members (excludes halogenated alkanes) is 2. The average molecular weight is 358 g/mol. The van der Waals surface area contributed by atoms with Gasteiger partial charge in [0.2, 0.25) is 0 Å². The van der Waals surface area contributed by atoms with Gasteiger partial charge in [0.05, 0.1) is 6.10 Å². The standard InChI is InChI=1S/C16H24BrNO3/c1-4-5-6-9-18-16(20)12(3)21-15-8-7-13(17)10-14(15)11(2)19/h7-8,10-12,19H,4-6,9H2,1-3H3,(H,18,20)/t11-,12?/m1/s1. The second kappa shape index (κ2) is 9.05. The zero-order valence-electron chi connectivity index (χ0n) is 12.9. The van der Waals surface area contributed by atoms with Crippen molar-refractivity contribution in [3.8, 4) is 5.75 Å². The predicted octanol–water partition coefficient (Wildman–Crippen LogP) is 3.58. The summed E-state index contributed by atoms with van der Waals surface area (Å²) in [4.78, 5) is 12.0. The molecule has 1 amide bonds. The lowest BCUT2D eigenvalue weighted by Gasteiger charge is -2.18. The Morgan fingerprint density at radius 2 is 2.10 bits per heavy atom. The van der Waals surface area contributed by atoms with Gasteiger partial charge >= 0.3 is 0 Å². The number of hydrogen-bond donors (Lipinski definition) is 2. The van der Waals surface area contributed by atoms with Gasteiger partial charge in [0.1, 0.15) is 5.75 Å². The monoisotopic (exact) mass is 357 g/mol. The molecule has 2 atom stereocenters. The van der Waals surface area contributed by atoms with Crippen LogP contribution in [0.15, 0.2) is 22.7 Å². The van der Waals surface area contributed by atoms with Crippen molar-refractivity contribution in [1.29, 1.82) is 0 Å². The molecule has 1 unspecified atom stereocenters. The van der Waals surface area contributed by atoms with Crippen molar-refractivity contribution >= 4 is 21.8 Å². The number of aliphatic hydroxyl groups excluding tert-OH is 1. The van der Waals surface area contributed by atoms with Gasteiger partial charge in [-0.1, -0.05) is 35.7 Å². The van der Waals surface area contributed by atoms with Gasteiger partial charge in [-0.15, -0.1) is 0 Å². The highest BCUT2D eigenvalue weighted by molar-refractivity contribution is 9.10. The van der Waals surface area contributed by atoms with Crippen molar-refractivity contribution < 1.29 is 14.6 Å². The molecule has 0 radical (unpaired) electrons. The van der Waals surface area contributed by atoms with Crippen LogP contribution in [0, 0.1) is 0 Å². The molecule has 0 fully saturated rings. The fourth-order valence-electron chi connectivity index (χ4n) is 1.93. The molecule has 0 aliphatic heterocycles. The molecule has 2 N–H and O–H groups in total. The molecule has 0 saturated heterocycles. The van der Waals surface area contributed by atoms with Gasteiger partial charge in [-0.05, 0) is 38.5 Å². The summed E-state index contributed by atoms with van der Waals surface area (Å²) in [6.45, 7) is 6.18. The molecule has 1 rings (SSSR count). The van der Waals surface area contributed by atoms with Crippen LogP contribution in [0.1, 0.15) is 51.7 Å². The summed E-state index contributed by atoms with van der Waals surface area (Å²) in [7, 11) is 0. The predicted molar refractivity (Wildman–Crippen MR) is 87.4 cm³/mol. The Labute approximate surface area is 135 Å². The number of ether oxygens (including phenoxy) is 1. The van der Waals surface area contributed by atoms with Crippen LogP contribution >= 0.6 is 15.9 Å². The molecule has 0 aromatic heterocycles. The first-order valence-electron chi connectivity index (χ1n) is 7.37. The summed E-state index contributed by atoms with van der Waals surface area (Å²) in [5, 5.41) is 12.6. The fourth-order valence-corrected chi connectivity index (χ4v) is 2.31. The molecule has 0 aliphatic rings. The number of halogens is 1. The van der Waals surface area contributed by atoms with E-state index in [1.54, 1.807) is 26.0 Å². The molecule has 4 nitrogen and oxygen atoms in total. The van der Waals surface area contributed by atoms with Crippen molar-refractivity contribution in [3.05, 3.63) is 28.2 Å². The maximum Gasteiger partial charge on any atom is 0.260 e. The topological polar surface area (TPSA) is 58.6 Å².